The van der Waals surface area contributed by atoms with Crippen molar-refractivity contribution in [3.63, 3.8) is 0 Å². The SMILES string of the molecule is Cc1ccccc1-c1cn(-c2cccnc2)nc1C(N)=O. The Morgan fingerprint density at radius 2 is 1.95 bits per heavy atom. The molecule has 0 saturated carbocycles. The van der Waals surface area contributed by atoms with Crippen LogP contribution >= 0.6 is 0 Å². The summed E-state index contributed by atoms with van der Waals surface area (Å²) in [5.41, 5.74) is 9.23. The quantitative estimate of drug-likeness (QED) is 0.799. The summed E-state index contributed by atoms with van der Waals surface area (Å²) in [6, 6.07) is 11.5. The van der Waals surface area contributed by atoms with Gasteiger partial charge in [-0.05, 0) is 30.2 Å². The van der Waals surface area contributed by atoms with Crippen molar-refractivity contribution in [2.45, 2.75) is 6.92 Å². The molecule has 2 aromatic heterocycles. The maximum absolute atomic E-state index is 11.7. The molecule has 5 nitrogen and oxygen atoms in total. The van der Waals surface area contributed by atoms with Gasteiger partial charge in [-0.2, -0.15) is 5.10 Å². The highest BCUT2D eigenvalue weighted by atomic mass is 16.1. The Morgan fingerprint density at radius 1 is 1.14 bits per heavy atom. The topological polar surface area (TPSA) is 73.8 Å². The van der Waals surface area contributed by atoms with Gasteiger partial charge in [0, 0.05) is 18.0 Å². The number of primary amides is 1. The van der Waals surface area contributed by atoms with Crippen LogP contribution in [-0.4, -0.2) is 20.7 Å². The molecule has 0 saturated heterocycles. The van der Waals surface area contributed by atoms with E-state index in [9.17, 15) is 4.79 Å². The average Bonchev–Trinajstić information content (AvgIpc) is 2.94. The van der Waals surface area contributed by atoms with Crippen LogP contribution in [0, 0.1) is 6.92 Å². The molecule has 2 heterocycles. The molecule has 0 aliphatic carbocycles. The zero-order chi connectivity index (χ0) is 14.8. The number of aryl methyl sites for hydroxylation is 1. The van der Waals surface area contributed by atoms with Gasteiger partial charge in [-0.25, -0.2) is 4.68 Å². The first-order valence-corrected chi connectivity index (χ1v) is 6.52. The van der Waals surface area contributed by atoms with Gasteiger partial charge in [0.05, 0.1) is 11.9 Å². The first-order valence-electron chi connectivity index (χ1n) is 6.52. The Bertz CT molecular complexity index is 793. The normalized spacial score (nSPS) is 10.5. The van der Waals surface area contributed by atoms with Gasteiger partial charge in [0.15, 0.2) is 5.69 Å². The minimum Gasteiger partial charge on any atom is -0.364 e. The van der Waals surface area contributed by atoms with Crippen LogP contribution in [0.1, 0.15) is 16.1 Å². The molecule has 1 amide bonds. The summed E-state index contributed by atoms with van der Waals surface area (Å²) in [5.74, 6) is -0.545. The second-order valence-electron chi connectivity index (χ2n) is 4.73. The monoisotopic (exact) mass is 278 g/mol. The first-order chi connectivity index (χ1) is 10.2. The highest BCUT2D eigenvalue weighted by molar-refractivity contribution is 5.98. The van der Waals surface area contributed by atoms with Gasteiger partial charge in [-0.1, -0.05) is 24.3 Å². The number of carbonyl (C=O) groups excluding carboxylic acids is 1. The lowest BCUT2D eigenvalue weighted by Gasteiger charge is -2.03. The summed E-state index contributed by atoms with van der Waals surface area (Å²) >= 11 is 0. The van der Waals surface area contributed by atoms with E-state index in [4.69, 9.17) is 5.73 Å². The molecular weight excluding hydrogens is 264 g/mol. The third-order valence-electron chi connectivity index (χ3n) is 3.29. The van der Waals surface area contributed by atoms with Crippen LogP contribution in [0.4, 0.5) is 0 Å². The predicted octanol–water partition coefficient (Wildman–Crippen LogP) is 2.34. The smallest absolute Gasteiger partial charge is 0.269 e. The number of hydrogen-bond donors (Lipinski definition) is 1. The maximum Gasteiger partial charge on any atom is 0.269 e. The van der Waals surface area contributed by atoms with Crippen LogP contribution in [-0.2, 0) is 0 Å². The number of amides is 1. The molecule has 1 aromatic carbocycles. The summed E-state index contributed by atoms with van der Waals surface area (Å²) in [6.07, 6.45) is 5.17. The van der Waals surface area contributed by atoms with E-state index < -0.39 is 5.91 Å². The van der Waals surface area contributed by atoms with Crippen molar-refractivity contribution in [1.29, 1.82) is 0 Å². The fourth-order valence-electron chi connectivity index (χ4n) is 2.25. The van der Waals surface area contributed by atoms with Gasteiger partial charge in [0.2, 0.25) is 0 Å². The predicted molar refractivity (Wildman–Crippen MR) is 80.0 cm³/mol. The van der Waals surface area contributed by atoms with Crippen molar-refractivity contribution in [2.75, 3.05) is 0 Å². The van der Waals surface area contributed by atoms with Gasteiger partial charge >= 0.3 is 0 Å². The molecule has 2 N–H and O–H groups in total. The average molecular weight is 278 g/mol. The molecule has 0 aliphatic heterocycles. The molecule has 0 spiro atoms. The molecule has 0 atom stereocenters. The Hall–Kier alpha value is -2.95. The van der Waals surface area contributed by atoms with Crippen molar-refractivity contribution in [2.24, 2.45) is 5.73 Å². The number of nitrogens with two attached hydrogens (primary N) is 1. The summed E-state index contributed by atoms with van der Waals surface area (Å²) in [4.78, 5) is 15.7. The molecule has 21 heavy (non-hydrogen) atoms. The Labute approximate surface area is 122 Å². The highest BCUT2D eigenvalue weighted by Gasteiger charge is 2.17. The number of pyridine rings is 1. The van der Waals surface area contributed by atoms with Crippen molar-refractivity contribution in [1.82, 2.24) is 14.8 Å². The standard InChI is InChI=1S/C16H14N4O/c1-11-5-2-3-7-13(11)14-10-20(19-15(14)16(17)21)12-6-4-8-18-9-12/h2-10H,1H3,(H2,17,21). The van der Waals surface area contributed by atoms with E-state index in [0.29, 0.717) is 0 Å². The van der Waals surface area contributed by atoms with E-state index in [-0.39, 0.29) is 5.69 Å². The lowest BCUT2D eigenvalue weighted by molar-refractivity contribution is 0.0996. The van der Waals surface area contributed by atoms with E-state index in [2.05, 4.69) is 10.1 Å². The molecule has 0 fully saturated rings. The summed E-state index contributed by atoms with van der Waals surface area (Å²) < 4.78 is 1.62. The number of carbonyl (C=O) groups is 1. The van der Waals surface area contributed by atoms with E-state index in [1.807, 2.05) is 43.3 Å². The largest absolute Gasteiger partial charge is 0.364 e. The molecule has 3 rings (SSSR count). The second kappa shape index (κ2) is 5.20. The van der Waals surface area contributed by atoms with Gasteiger partial charge in [0.25, 0.3) is 5.91 Å². The molecule has 0 bridgehead atoms. The van der Waals surface area contributed by atoms with Crippen molar-refractivity contribution in [3.05, 3.63) is 66.2 Å². The lowest BCUT2D eigenvalue weighted by Crippen LogP contribution is -2.13. The van der Waals surface area contributed by atoms with E-state index >= 15 is 0 Å². The van der Waals surface area contributed by atoms with E-state index in [1.54, 1.807) is 23.3 Å². The van der Waals surface area contributed by atoms with Gasteiger partial charge in [-0.15, -0.1) is 0 Å². The third kappa shape index (κ3) is 2.41. The van der Waals surface area contributed by atoms with Gasteiger partial charge in [0.1, 0.15) is 0 Å². The second-order valence-corrected chi connectivity index (χ2v) is 4.73. The molecule has 104 valence electrons. The van der Waals surface area contributed by atoms with Crippen LogP contribution in [0.25, 0.3) is 16.8 Å². The van der Waals surface area contributed by atoms with Crippen LogP contribution in [0.2, 0.25) is 0 Å². The number of nitrogens with zero attached hydrogens (tertiary/aromatic N) is 3. The maximum atomic E-state index is 11.7. The molecular formula is C16H14N4O. The number of benzene rings is 1. The summed E-state index contributed by atoms with van der Waals surface area (Å²) in [5, 5.41) is 4.30. The summed E-state index contributed by atoms with van der Waals surface area (Å²) in [6.45, 7) is 1.99. The zero-order valence-electron chi connectivity index (χ0n) is 11.5. The third-order valence-corrected chi connectivity index (χ3v) is 3.29. The molecule has 5 heteroatoms. The lowest BCUT2D eigenvalue weighted by atomic mass is 10.0. The minimum atomic E-state index is -0.545. The number of aromatic nitrogens is 3. The molecule has 3 aromatic rings. The van der Waals surface area contributed by atoms with Crippen LogP contribution in [0.5, 0.6) is 0 Å². The summed E-state index contributed by atoms with van der Waals surface area (Å²) in [7, 11) is 0. The van der Waals surface area contributed by atoms with Crippen molar-refractivity contribution < 1.29 is 4.79 Å². The first kappa shape index (κ1) is 13.1. The van der Waals surface area contributed by atoms with Crippen molar-refractivity contribution >= 4 is 5.91 Å². The highest BCUT2D eigenvalue weighted by Crippen LogP contribution is 2.27. The van der Waals surface area contributed by atoms with Crippen LogP contribution < -0.4 is 5.73 Å². The van der Waals surface area contributed by atoms with Crippen LogP contribution in [0.15, 0.2) is 55.0 Å². The minimum absolute atomic E-state index is 0.258. The molecule has 0 radical (unpaired) electrons. The van der Waals surface area contributed by atoms with E-state index in [1.165, 1.54) is 0 Å². The molecule has 0 aliphatic rings. The Morgan fingerprint density at radius 3 is 2.62 bits per heavy atom. The molecule has 0 unspecified atom stereocenters. The number of rotatable bonds is 3. The van der Waals surface area contributed by atoms with Crippen LogP contribution in [0.3, 0.4) is 0 Å². The van der Waals surface area contributed by atoms with Gasteiger partial charge in [-0.3, -0.25) is 9.78 Å². The van der Waals surface area contributed by atoms with Crippen molar-refractivity contribution in [3.8, 4) is 16.8 Å². The Kier molecular flexibility index (Phi) is 3.23. The Balaban J connectivity index is 2.19. The zero-order valence-corrected chi connectivity index (χ0v) is 11.5. The fourth-order valence-corrected chi connectivity index (χ4v) is 2.25. The fraction of sp³-hybridized carbons (Fsp3) is 0.0625. The van der Waals surface area contributed by atoms with Gasteiger partial charge < -0.3 is 5.73 Å². The van der Waals surface area contributed by atoms with E-state index in [0.717, 1.165) is 22.4 Å². The number of hydrogen-bond acceptors (Lipinski definition) is 3.